The Morgan fingerprint density at radius 1 is 1.47 bits per heavy atom. The van der Waals surface area contributed by atoms with E-state index in [2.05, 4.69) is 18.7 Å². The minimum absolute atomic E-state index is 0.0493. The second-order valence-electron chi connectivity index (χ2n) is 4.86. The van der Waals surface area contributed by atoms with Crippen LogP contribution < -0.4 is 5.73 Å². The lowest BCUT2D eigenvalue weighted by Crippen LogP contribution is -2.36. The Hall–Kier alpha value is -0.640. The maximum absolute atomic E-state index is 13.9. The maximum atomic E-state index is 13.9. The van der Waals surface area contributed by atoms with Gasteiger partial charge in [0.2, 0.25) is 0 Å². The summed E-state index contributed by atoms with van der Waals surface area (Å²) in [5, 5.41) is 0.470. The number of hydrogen-bond donors (Lipinski definition) is 1. The molecule has 1 aliphatic rings. The normalized spacial score (nSPS) is 25.8. The van der Waals surface area contributed by atoms with Crippen molar-refractivity contribution in [3.63, 3.8) is 0 Å². The molecule has 0 radical (unpaired) electrons. The van der Waals surface area contributed by atoms with Crippen molar-refractivity contribution in [2.24, 2.45) is 5.73 Å². The number of nitrogens with zero attached hydrogens (tertiary/aromatic N) is 1. The van der Waals surface area contributed by atoms with Gasteiger partial charge in [-0.3, -0.25) is 4.90 Å². The molecule has 0 aliphatic carbocycles. The molecule has 2 unspecified atom stereocenters. The van der Waals surface area contributed by atoms with Gasteiger partial charge in [-0.05, 0) is 32.4 Å². The number of halogens is 2. The molecule has 1 aromatic rings. The highest BCUT2D eigenvalue weighted by Crippen LogP contribution is 2.37. The van der Waals surface area contributed by atoms with Crippen molar-refractivity contribution >= 4 is 11.6 Å². The molecule has 1 heterocycles. The van der Waals surface area contributed by atoms with E-state index >= 15 is 0 Å². The first-order valence-electron chi connectivity index (χ1n) is 5.97. The first kappa shape index (κ1) is 12.8. The molecule has 1 fully saturated rings. The molecule has 1 aliphatic heterocycles. The van der Waals surface area contributed by atoms with Crippen molar-refractivity contribution in [1.29, 1.82) is 0 Å². The van der Waals surface area contributed by atoms with Crippen LogP contribution >= 0.6 is 11.6 Å². The van der Waals surface area contributed by atoms with Crippen molar-refractivity contribution in [3.05, 3.63) is 34.6 Å². The van der Waals surface area contributed by atoms with Crippen molar-refractivity contribution in [2.45, 2.75) is 38.4 Å². The van der Waals surface area contributed by atoms with E-state index in [4.69, 9.17) is 17.3 Å². The van der Waals surface area contributed by atoms with Crippen LogP contribution in [0.3, 0.4) is 0 Å². The fourth-order valence-corrected chi connectivity index (χ4v) is 2.87. The van der Waals surface area contributed by atoms with Gasteiger partial charge in [-0.2, -0.15) is 0 Å². The summed E-state index contributed by atoms with van der Waals surface area (Å²) in [5.41, 5.74) is 6.66. The van der Waals surface area contributed by atoms with Gasteiger partial charge >= 0.3 is 0 Å². The Bertz CT molecular complexity index is 388. The van der Waals surface area contributed by atoms with E-state index in [-0.39, 0.29) is 17.9 Å². The number of rotatable bonds is 2. The second-order valence-corrected chi connectivity index (χ2v) is 5.27. The monoisotopic (exact) mass is 256 g/mol. The summed E-state index contributed by atoms with van der Waals surface area (Å²) in [7, 11) is 0. The van der Waals surface area contributed by atoms with Gasteiger partial charge in [0.05, 0.1) is 6.04 Å². The molecular formula is C13H18ClFN2. The Morgan fingerprint density at radius 3 is 2.76 bits per heavy atom. The van der Waals surface area contributed by atoms with Crippen molar-refractivity contribution in [2.75, 3.05) is 6.54 Å². The maximum Gasteiger partial charge on any atom is 0.129 e. The third-order valence-corrected chi connectivity index (χ3v) is 3.77. The SMILES string of the molecule is CC(C)N1CCC(N)C1c1c(F)cccc1Cl. The summed E-state index contributed by atoms with van der Waals surface area (Å²) in [6, 6.07) is 4.98. The highest BCUT2D eigenvalue weighted by molar-refractivity contribution is 6.31. The molecule has 94 valence electrons. The third-order valence-electron chi connectivity index (χ3n) is 3.44. The molecule has 2 atom stereocenters. The molecule has 1 aromatic carbocycles. The quantitative estimate of drug-likeness (QED) is 0.882. The second kappa shape index (κ2) is 4.92. The van der Waals surface area contributed by atoms with Crippen LogP contribution in [-0.4, -0.2) is 23.5 Å². The molecule has 0 saturated carbocycles. The lowest BCUT2D eigenvalue weighted by molar-refractivity contribution is 0.194. The highest BCUT2D eigenvalue weighted by atomic mass is 35.5. The van der Waals surface area contributed by atoms with E-state index in [1.165, 1.54) is 6.07 Å². The first-order valence-corrected chi connectivity index (χ1v) is 6.35. The molecule has 0 aromatic heterocycles. The molecule has 0 bridgehead atoms. The van der Waals surface area contributed by atoms with Crippen LogP contribution in [-0.2, 0) is 0 Å². The smallest absolute Gasteiger partial charge is 0.129 e. The zero-order valence-corrected chi connectivity index (χ0v) is 10.9. The average Bonchev–Trinajstić information content (AvgIpc) is 2.61. The summed E-state index contributed by atoms with van der Waals surface area (Å²) in [5.74, 6) is -0.259. The zero-order valence-electron chi connectivity index (χ0n) is 10.2. The number of nitrogens with two attached hydrogens (primary N) is 1. The van der Waals surface area contributed by atoms with E-state index < -0.39 is 0 Å². The third kappa shape index (κ3) is 2.32. The predicted molar refractivity (Wildman–Crippen MR) is 68.6 cm³/mol. The van der Waals surface area contributed by atoms with Crippen LogP contribution in [0.1, 0.15) is 31.9 Å². The largest absolute Gasteiger partial charge is 0.326 e. The van der Waals surface area contributed by atoms with Crippen molar-refractivity contribution in [1.82, 2.24) is 4.90 Å². The molecule has 2 rings (SSSR count). The van der Waals surface area contributed by atoms with E-state index in [0.29, 0.717) is 16.6 Å². The van der Waals surface area contributed by atoms with Gasteiger partial charge in [0.25, 0.3) is 0 Å². The van der Waals surface area contributed by atoms with Gasteiger partial charge in [-0.15, -0.1) is 0 Å². The summed E-state index contributed by atoms with van der Waals surface area (Å²) >= 11 is 6.12. The summed E-state index contributed by atoms with van der Waals surface area (Å²) in [4.78, 5) is 2.22. The summed E-state index contributed by atoms with van der Waals surface area (Å²) in [6.45, 7) is 5.09. The number of benzene rings is 1. The minimum Gasteiger partial charge on any atom is -0.326 e. The van der Waals surface area contributed by atoms with Crippen molar-refractivity contribution < 1.29 is 4.39 Å². The molecule has 1 saturated heterocycles. The summed E-state index contributed by atoms with van der Waals surface area (Å²) < 4.78 is 13.9. The number of likely N-dealkylation sites (tertiary alicyclic amines) is 1. The lowest BCUT2D eigenvalue weighted by Gasteiger charge is -2.31. The highest BCUT2D eigenvalue weighted by Gasteiger charge is 2.36. The van der Waals surface area contributed by atoms with Crippen LogP contribution in [0.15, 0.2) is 18.2 Å². The average molecular weight is 257 g/mol. The molecular weight excluding hydrogens is 239 g/mol. The molecule has 17 heavy (non-hydrogen) atoms. The molecule has 0 amide bonds. The minimum atomic E-state index is -0.259. The Balaban J connectivity index is 2.43. The Labute approximate surface area is 107 Å². The van der Waals surface area contributed by atoms with Gasteiger partial charge in [0, 0.05) is 29.2 Å². The lowest BCUT2D eigenvalue weighted by atomic mass is 9.99. The number of hydrogen-bond acceptors (Lipinski definition) is 2. The van der Waals surface area contributed by atoms with Crippen LogP contribution in [0.25, 0.3) is 0 Å². The van der Waals surface area contributed by atoms with E-state index in [1.807, 2.05) is 0 Å². The van der Waals surface area contributed by atoms with Crippen molar-refractivity contribution in [3.8, 4) is 0 Å². The van der Waals surface area contributed by atoms with Gasteiger partial charge < -0.3 is 5.73 Å². The first-order chi connectivity index (χ1) is 8.02. The van der Waals surface area contributed by atoms with E-state index in [1.54, 1.807) is 12.1 Å². The van der Waals surface area contributed by atoms with Crippen LogP contribution in [0, 0.1) is 5.82 Å². The van der Waals surface area contributed by atoms with Gasteiger partial charge in [0.1, 0.15) is 5.82 Å². The Morgan fingerprint density at radius 2 is 2.18 bits per heavy atom. The van der Waals surface area contributed by atoms with E-state index in [9.17, 15) is 4.39 Å². The molecule has 2 nitrogen and oxygen atoms in total. The standard InChI is InChI=1S/C13H18ClFN2/c1-8(2)17-7-6-11(16)13(17)12-9(14)4-3-5-10(12)15/h3-5,8,11,13H,6-7,16H2,1-2H3. The van der Waals surface area contributed by atoms with Crippen LogP contribution in [0.5, 0.6) is 0 Å². The molecule has 2 N–H and O–H groups in total. The fraction of sp³-hybridized carbons (Fsp3) is 0.538. The van der Waals surface area contributed by atoms with Crippen LogP contribution in [0.2, 0.25) is 5.02 Å². The van der Waals surface area contributed by atoms with E-state index in [0.717, 1.165) is 13.0 Å². The molecule has 4 heteroatoms. The Kier molecular flexibility index (Phi) is 3.71. The van der Waals surface area contributed by atoms with Crippen LogP contribution in [0.4, 0.5) is 4.39 Å². The fourth-order valence-electron chi connectivity index (χ4n) is 2.59. The predicted octanol–water partition coefficient (Wildman–Crippen LogP) is 2.96. The van der Waals surface area contributed by atoms with Gasteiger partial charge in [-0.1, -0.05) is 17.7 Å². The van der Waals surface area contributed by atoms with Gasteiger partial charge in [-0.25, -0.2) is 4.39 Å². The topological polar surface area (TPSA) is 29.3 Å². The zero-order chi connectivity index (χ0) is 12.6. The van der Waals surface area contributed by atoms with Gasteiger partial charge in [0.15, 0.2) is 0 Å². The summed E-state index contributed by atoms with van der Waals surface area (Å²) in [6.07, 6.45) is 0.882. The molecule has 0 spiro atoms.